The van der Waals surface area contributed by atoms with Gasteiger partial charge in [0.05, 0.1) is 18.4 Å². The quantitative estimate of drug-likeness (QED) is 0.0186. The Balaban J connectivity index is 5.17. The van der Waals surface area contributed by atoms with Crippen molar-refractivity contribution in [3.8, 4) is 0 Å². The van der Waals surface area contributed by atoms with Gasteiger partial charge in [-0.05, 0) is 93.9 Å². The van der Waals surface area contributed by atoms with Crippen molar-refractivity contribution in [2.24, 2.45) is 64.9 Å². The topological polar surface area (TPSA) is 217 Å². The zero-order valence-electron chi connectivity index (χ0n) is 39.7. The van der Waals surface area contributed by atoms with Crippen molar-refractivity contribution in [2.45, 2.75) is 115 Å². The number of carbonyl (C=O) groups is 4. The number of nitrogens with one attached hydrogen (secondary N) is 4. The smallest absolute Gasteiger partial charge is 0.463 e. The van der Waals surface area contributed by atoms with Gasteiger partial charge in [-0.3, -0.25) is 28.2 Å². The van der Waals surface area contributed by atoms with Crippen LogP contribution < -0.4 is 27.0 Å². The van der Waals surface area contributed by atoms with Crippen LogP contribution in [0.4, 0.5) is 0 Å². The molecule has 0 spiro atoms. The molecule has 0 bridgehead atoms. The Morgan fingerprint density at radius 3 is 1.38 bits per heavy atom. The Labute approximate surface area is 368 Å². The number of hydrogen-bond donors (Lipinski definition) is 6. The third-order valence-corrected chi connectivity index (χ3v) is 12.6. The largest absolute Gasteiger partial charge is 0.472 e. The van der Waals surface area contributed by atoms with Crippen LogP contribution in [0.3, 0.4) is 0 Å². The number of ether oxygens (including phenoxy) is 2. The van der Waals surface area contributed by atoms with Crippen molar-refractivity contribution in [1.82, 2.24) is 21.3 Å². The van der Waals surface area contributed by atoms with Crippen LogP contribution in [0.15, 0.2) is 24.3 Å². The van der Waals surface area contributed by atoms with Crippen molar-refractivity contribution in [3.05, 3.63) is 24.3 Å². The fourth-order valence-corrected chi connectivity index (χ4v) is 6.24. The maximum atomic E-state index is 13.1. The molecule has 0 aliphatic carbocycles. The van der Waals surface area contributed by atoms with Crippen molar-refractivity contribution in [2.75, 3.05) is 65.6 Å². The van der Waals surface area contributed by atoms with Crippen LogP contribution in [0.25, 0.3) is 0 Å². The Kier molecular flexibility index (Phi) is 31.5. The van der Waals surface area contributed by atoms with Gasteiger partial charge in [0.1, 0.15) is 19.3 Å². The van der Waals surface area contributed by atoms with E-state index >= 15 is 0 Å². The lowest BCUT2D eigenvalue weighted by molar-refractivity contribution is -0.157. The standard InChI is InChI=1S/C45H86N5O10P/c1-31(2)33(5)17-19-35(7)37(9)44(53)57-29-41(30-58-45(54)38(10)36(8)20-18-34(6)32(3)4)60-61(55,56)59-28-27-50-43(52)40(12)39(11)42(51)49-26-16-25-48-23-14-13-22-47-24-15-21-46/h17-20,31-41,47-48H,13-16,21-30,46H2,1-12H3,(H,49,51)(H,50,52)(H,55,56)/b19-17-,20-18-. The second kappa shape index (κ2) is 32.9. The number of amides is 2. The van der Waals surface area contributed by atoms with Crippen LogP contribution in [0.2, 0.25) is 0 Å². The van der Waals surface area contributed by atoms with E-state index < -0.39 is 75.3 Å². The molecule has 0 aromatic rings. The minimum Gasteiger partial charge on any atom is -0.463 e. The fraction of sp³-hybridized carbons (Fsp3) is 0.822. The molecule has 16 heteroatoms. The summed E-state index contributed by atoms with van der Waals surface area (Å²) < 4.78 is 34.6. The summed E-state index contributed by atoms with van der Waals surface area (Å²) in [5.41, 5.74) is 5.49. The summed E-state index contributed by atoms with van der Waals surface area (Å²) >= 11 is 0. The molecule has 0 saturated carbocycles. The summed E-state index contributed by atoms with van der Waals surface area (Å²) in [6.45, 7) is 26.5. The molecule has 0 heterocycles. The van der Waals surface area contributed by atoms with Crippen LogP contribution >= 0.6 is 7.82 Å². The Hall–Kier alpha value is -2.65. The minimum atomic E-state index is -4.80. The molecular formula is C45H86N5O10P. The van der Waals surface area contributed by atoms with Gasteiger partial charge in [0, 0.05) is 24.9 Å². The Bertz CT molecular complexity index is 1300. The number of phosphoric acid groups is 1. The van der Waals surface area contributed by atoms with Gasteiger partial charge in [0.25, 0.3) is 0 Å². The van der Waals surface area contributed by atoms with Crippen LogP contribution in [-0.2, 0) is 42.3 Å². The molecule has 356 valence electrons. The maximum absolute atomic E-state index is 13.1. The molecule has 15 nitrogen and oxygen atoms in total. The molecule has 0 aliphatic heterocycles. The maximum Gasteiger partial charge on any atom is 0.472 e. The number of nitrogens with two attached hydrogens (primary N) is 1. The van der Waals surface area contributed by atoms with E-state index in [1.807, 2.05) is 26.0 Å². The summed E-state index contributed by atoms with van der Waals surface area (Å²) in [7, 11) is -4.80. The van der Waals surface area contributed by atoms with E-state index in [-0.39, 0.29) is 24.3 Å². The van der Waals surface area contributed by atoms with Crippen molar-refractivity contribution in [3.63, 3.8) is 0 Å². The van der Waals surface area contributed by atoms with Crippen molar-refractivity contribution in [1.29, 1.82) is 0 Å². The number of rotatable bonds is 35. The van der Waals surface area contributed by atoms with Crippen LogP contribution in [-0.4, -0.2) is 100 Å². The highest BCUT2D eigenvalue weighted by atomic mass is 31.2. The van der Waals surface area contributed by atoms with E-state index in [4.69, 9.17) is 24.3 Å². The Morgan fingerprint density at radius 1 is 0.557 bits per heavy atom. The lowest BCUT2D eigenvalue weighted by Gasteiger charge is -2.24. The SMILES string of the molecule is CC(C)C(C)/C=C\C(C)C(C)C(=O)OCC(COC(=O)C(C)C(C)/C=C\C(C)C(C)C)OP(=O)(O)OCCNC(=O)C(C)C(C)C(=O)NCCCNCCCCNCCCN. The molecule has 9 atom stereocenters. The molecule has 61 heavy (non-hydrogen) atoms. The van der Waals surface area contributed by atoms with E-state index in [0.717, 1.165) is 51.9 Å². The summed E-state index contributed by atoms with van der Waals surface area (Å²) in [5, 5.41) is 12.2. The summed E-state index contributed by atoms with van der Waals surface area (Å²) in [6.07, 6.45) is 10.6. The van der Waals surface area contributed by atoms with E-state index in [9.17, 15) is 28.6 Å². The first-order valence-electron chi connectivity index (χ1n) is 22.7. The zero-order valence-corrected chi connectivity index (χ0v) is 40.6. The number of unbranched alkanes of at least 4 members (excludes halogenated alkanes) is 1. The predicted octanol–water partition coefficient (Wildman–Crippen LogP) is 6.02. The summed E-state index contributed by atoms with van der Waals surface area (Å²) in [4.78, 5) is 62.3. The van der Waals surface area contributed by atoms with Gasteiger partial charge >= 0.3 is 19.8 Å². The van der Waals surface area contributed by atoms with Crippen LogP contribution in [0.1, 0.15) is 109 Å². The number of phosphoric ester groups is 1. The summed E-state index contributed by atoms with van der Waals surface area (Å²) in [5.74, 6) is -2.87. The average molecular weight is 888 g/mol. The van der Waals surface area contributed by atoms with Crippen molar-refractivity contribution < 1.29 is 47.2 Å². The molecule has 0 aliphatic rings. The monoisotopic (exact) mass is 888 g/mol. The van der Waals surface area contributed by atoms with E-state index in [1.54, 1.807) is 27.7 Å². The highest BCUT2D eigenvalue weighted by Gasteiger charge is 2.32. The number of carbonyl (C=O) groups excluding carboxylic acids is 4. The first kappa shape index (κ1) is 58.4. The first-order chi connectivity index (χ1) is 28.6. The molecule has 2 amide bonds. The highest BCUT2D eigenvalue weighted by molar-refractivity contribution is 7.47. The molecule has 0 saturated heterocycles. The third kappa shape index (κ3) is 27.2. The average Bonchev–Trinajstić information content (AvgIpc) is 3.22. The molecule has 7 N–H and O–H groups in total. The minimum absolute atomic E-state index is 0.143. The summed E-state index contributed by atoms with van der Waals surface area (Å²) in [6, 6.07) is 0. The van der Waals surface area contributed by atoms with Crippen LogP contribution in [0, 0.1) is 59.2 Å². The van der Waals surface area contributed by atoms with Gasteiger partial charge in [-0.1, -0.05) is 107 Å². The second-order valence-electron chi connectivity index (χ2n) is 17.4. The molecule has 0 fully saturated rings. The molecule has 0 aromatic heterocycles. The third-order valence-electron chi connectivity index (χ3n) is 11.5. The molecule has 0 aromatic carbocycles. The lowest BCUT2D eigenvalue weighted by atomic mass is 9.91. The van der Waals surface area contributed by atoms with Gasteiger partial charge in [0.15, 0.2) is 0 Å². The van der Waals surface area contributed by atoms with Crippen LogP contribution in [0.5, 0.6) is 0 Å². The normalized spacial score (nSPS) is 17.6. The van der Waals surface area contributed by atoms with Gasteiger partial charge in [0.2, 0.25) is 11.8 Å². The van der Waals surface area contributed by atoms with Gasteiger partial charge in [-0.2, -0.15) is 0 Å². The first-order valence-corrected chi connectivity index (χ1v) is 24.2. The van der Waals surface area contributed by atoms with E-state index in [2.05, 4.69) is 75.0 Å². The Morgan fingerprint density at radius 2 is 0.951 bits per heavy atom. The molecule has 9 unspecified atom stereocenters. The van der Waals surface area contributed by atoms with Gasteiger partial charge < -0.3 is 41.4 Å². The molecule has 0 radical (unpaired) electrons. The second-order valence-corrected chi connectivity index (χ2v) is 18.8. The highest BCUT2D eigenvalue weighted by Crippen LogP contribution is 2.44. The fourth-order valence-electron chi connectivity index (χ4n) is 5.36. The zero-order chi connectivity index (χ0) is 46.5. The van der Waals surface area contributed by atoms with Crippen molar-refractivity contribution >= 4 is 31.6 Å². The molecular weight excluding hydrogens is 801 g/mol. The van der Waals surface area contributed by atoms with Gasteiger partial charge in [-0.25, -0.2) is 4.57 Å². The van der Waals surface area contributed by atoms with E-state index in [1.165, 1.54) is 0 Å². The number of esters is 2. The molecule has 0 rings (SSSR count). The van der Waals surface area contributed by atoms with Gasteiger partial charge in [-0.15, -0.1) is 0 Å². The number of hydrogen-bond acceptors (Lipinski definition) is 12. The number of allylic oxidation sites excluding steroid dienone is 4. The predicted molar refractivity (Wildman–Crippen MR) is 243 cm³/mol. The van der Waals surface area contributed by atoms with E-state index in [0.29, 0.717) is 36.8 Å². The lowest BCUT2D eigenvalue weighted by Crippen LogP contribution is -2.41.